The normalized spacial score (nSPS) is 12.3. The molecule has 8 heteroatoms. The van der Waals surface area contributed by atoms with Crippen molar-refractivity contribution in [3.05, 3.63) is 66.2 Å². The minimum absolute atomic E-state index is 0.256. The summed E-state index contributed by atoms with van der Waals surface area (Å²) in [5.74, 6) is 0.818. The second kappa shape index (κ2) is 7.28. The molecule has 0 atom stereocenters. The summed E-state index contributed by atoms with van der Waals surface area (Å²) in [4.78, 5) is 20.5. The molecule has 0 aliphatic carbocycles. The highest BCUT2D eigenvalue weighted by Crippen LogP contribution is 2.33. The van der Waals surface area contributed by atoms with Crippen molar-refractivity contribution >= 4 is 23.2 Å². The molecule has 2 N–H and O–H groups in total. The number of hydrogen-bond acceptors (Lipinski definition) is 6. The number of carbonyl (C=O) groups excluding carboxylic acids is 1. The molecule has 1 aromatic heterocycles. The van der Waals surface area contributed by atoms with Crippen LogP contribution in [0.1, 0.15) is 10.4 Å². The molecular formula is C19H15FN4O3. The fourth-order valence-electron chi connectivity index (χ4n) is 2.53. The van der Waals surface area contributed by atoms with Crippen molar-refractivity contribution in [3.8, 4) is 11.5 Å². The van der Waals surface area contributed by atoms with Crippen LogP contribution in [0.4, 0.5) is 21.7 Å². The van der Waals surface area contributed by atoms with Gasteiger partial charge in [-0.25, -0.2) is 14.4 Å². The lowest BCUT2D eigenvalue weighted by atomic mass is 10.2. The third kappa shape index (κ3) is 3.95. The number of amides is 1. The van der Waals surface area contributed by atoms with Crippen molar-refractivity contribution in [1.82, 2.24) is 9.97 Å². The first kappa shape index (κ1) is 16.8. The van der Waals surface area contributed by atoms with Crippen molar-refractivity contribution < 1.29 is 18.7 Å². The van der Waals surface area contributed by atoms with E-state index < -0.39 is 11.7 Å². The van der Waals surface area contributed by atoms with Gasteiger partial charge in [0.15, 0.2) is 11.5 Å². The number of nitrogens with zero attached hydrogens (tertiary/aromatic N) is 2. The summed E-state index contributed by atoms with van der Waals surface area (Å²) in [6, 6.07) is 11.1. The SMILES string of the molecule is O=C(Nc1cccc(F)c1)c1cnc(Nc2ccc3c(c2)OCCO3)nc1. The summed E-state index contributed by atoms with van der Waals surface area (Å²) in [5.41, 5.74) is 1.35. The Bertz CT molecular complexity index is 979. The van der Waals surface area contributed by atoms with E-state index in [-0.39, 0.29) is 5.56 Å². The molecule has 0 radical (unpaired) electrons. The highest BCUT2D eigenvalue weighted by Gasteiger charge is 2.13. The van der Waals surface area contributed by atoms with Crippen molar-refractivity contribution in [2.75, 3.05) is 23.8 Å². The highest BCUT2D eigenvalue weighted by molar-refractivity contribution is 6.03. The molecule has 0 fully saturated rings. The van der Waals surface area contributed by atoms with Gasteiger partial charge in [0.25, 0.3) is 5.91 Å². The summed E-state index contributed by atoms with van der Waals surface area (Å²) in [6.45, 7) is 1.03. The van der Waals surface area contributed by atoms with Crippen molar-refractivity contribution in [3.63, 3.8) is 0 Å². The Labute approximate surface area is 154 Å². The number of anilines is 3. The number of halogens is 1. The monoisotopic (exact) mass is 366 g/mol. The summed E-state index contributed by atoms with van der Waals surface area (Å²) in [5, 5.41) is 5.63. The molecule has 1 aliphatic heterocycles. The molecule has 0 bridgehead atoms. The maximum absolute atomic E-state index is 13.2. The van der Waals surface area contributed by atoms with E-state index >= 15 is 0 Å². The zero-order valence-electron chi connectivity index (χ0n) is 14.1. The van der Waals surface area contributed by atoms with Crippen LogP contribution in [0, 0.1) is 5.82 Å². The van der Waals surface area contributed by atoms with E-state index in [0.29, 0.717) is 36.3 Å². The Kier molecular flexibility index (Phi) is 4.52. The van der Waals surface area contributed by atoms with Crippen LogP contribution in [-0.4, -0.2) is 29.1 Å². The molecule has 2 heterocycles. The van der Waals surface area contributed by atoms with Crippen molar-refractivity contribution in [2.45, 2.75) is 0 Å². The molecule has 1 aliphatic rings. The highest BCUT2D eigenvalue weighted by atomic mass is 19.1. The van der Waals surface area contributed by atoms with Gasteiger partial charge in [-0.05, 0) is 30.3 Å². The van der Waals surface area contributed by atoms with Gasteiger partial charge in [0, 0.05) is 29.8 Å². The second-order valence-electron chi connectivity index (χ2n) is 5.74. The molecule has 136 valence electrons. The van der Waals surface area contributed by atoms with E-state index in [1.807, 2.05) is 6.07 Å². The number of fused-ring (bicyclic) bond motifs is 1. The Morgan fingerprint density at radius 1 is 0.963 bits per heavy atom. The standard InChI is InChI=1S/C19H15FN4O3/c20-13-2-1-3-14(8-13)23-18(25)12-10-21-19(22-11-12)24-15-4-5-16-17(9-15)27-7-6-26-16/h1-5,8-11H,6-7H2,(H,23,25)(H,21,22,24). The molecule has 0 unspecified atom stereocenters. The van der Waals surface area contributed by atoms with Gasteiger partial charge in [0.1, 0.15) is 19.0 Å². The zero-order valence-corrected chi connectivity index (χ0v) is 14.1. The lowest BCUT2D eigenvalue weighted by Gasteiger charge is -2.18. The number of rotatable bonds is 4. The number of aromatic nitrogens is 2. The van der Waals surface area contributed by atoms with E-state index in [4.69, 9.17) is 9.47 Å². The van der Waals surface area contributed by atoms with E-state index in [9.17, 15) is 9.18 Å². The maximum Gasteiger partial charge on any atom is 0.258 e. The van der Waals surface area contributed by atoms with Gasteiger partial charge in [-0.1, -0.05) is 6.07 Å². The van der Waals surface area contributed by atoms with Crippen molar-refractivity contribution in [2.24, 2.45) is 0 Å². The van der Waals surface area contributed by atoms with Crippen LogP contribution < -0.4 is 20.1 Å². The number of nitrogens with one attached hydrogen (secondary N) is 2. The Morgan fingerprint density at radius 2 is 1.74 bits per heavy atom. The average Bonchev–Trinajstić information content (AvgIpc) is 2.68. The lowest BCUT2D eigenvalue weighted by molar-refractivity contribution is 0.102. The second-order valence-corrected chi connectivity index (χ2v) is 5.74. The Hall–Kier alpha value is -3.68. The first-order chi connectivity index (χ1) is 13.2. The largest absolute Gasteiger partial charge is 0.486 e. The van der Waals surface area contributed by atoms with Gasteiger partial charge in [-0.3, -0.25) is 4.79 Å². The minimum Gasteiger partial charge on any atom is -0.486 e. The molecule has 3 aromatic rings. The maximum atomic E-state index is 13.2. The molecule has 4 rings (SSSR count). The van der Waals surface area contributed by atoms with Crippen LogP contribution in [0.25, 0.3) is 0 Å². The fourth-order valence-corrected chi connectivity index (χ4v) is 2.53. The van der Waals surface area contributed by atoms with E-state index in [2.05, 4.69) is 20.6 Å². The topological polar surface area (TPSA) is 85.4 Å². The average molecular weight is 366 g/mol. The Morgan fingerprint density at radius 3 is 2.52 bits per heavy atom. The number of hydrogen-bond donors (Lipinski definition) is 2. The Balaban J connectivity index is 1.43. The molecule has 0 spiro atoms. The summed E-state index contributed by atoms with van der Waals surface area (Å²) in [7, 11) is 0. The molecule has 0 saturated carbocycles. The minimum atomic E-state index is -0.428. The van der Waals surface area contributed by atoms with Crippen LogP contribution in [0.5, 0.6) is 11.5 Å². The lowest BCUT2D eigenvalue weighted by Crippen LogP contribution is -2.15. The summed E-state index contributed by atoms with van der Waals surface area (Å²) >= 11 is 0. The quantitative estimate of drug-likeness (QED) is 0.736. The van der Waals surface area contributed by atoms with Gasteiger partial charge in [0.2, 0.25) is 5.95 Å². The first-order valence-electron chi connectivity index (χ1n) is 8.23. The number of ether oxygens (including phenoxy) is 2. The van der Waals surface area contributed by atoms with E-state index in [0.717, 1.165) is 5.69 Å². The van der Waals surface area contributed by atoms with Gasteiger partial charge < -0.3 is 20.1 Å². The molecule has 27 heavy (non-hydrogen) atoms. The van der Waals surface area contributed by atoms with Crippen LogP contribution in [0.2, 0.25) is 0 Å². The third-order valence-corrected chi connectivity index (χ3v) is 3.79. The van der Waals surface area contributed by atoms with Gasteiger partial charge in [0.05, 0.1) is 5.56 Å². The molecule has 7 nitrogen and oxygen atoms in total. The summed E-state index contributed by atoms with van der Waals surface area (Å²) < 4.78 is 24.2. The zero-order chi connectivity index (χ0) is 18.6. The van der Waals surface area contributed by atoms with E-state index in [1.54, 1.807) is 18.2 Å². The predicted molar refractivity (Wildman–Crippen MR) is 97.1 cm³/mol. The van der Waals surface area contributed by atoms with Crippen molar-refractivity contribution in [1.29, 1.82) is 0 Å². The third-order valence-electron chi connectivity index (χ3n) is 3.79. The van der Waals surface area contributed by atoms with Gasteiger partial charge in [-0.15, -0.1) is 0 Å². The molecular weight excluding hydrogens is 351 g/mol. The predicted octanol–water partition coefficient (Wildman–Crippen LogP) is 3.38. The van der Waals surface area contributed by atoms with Crippen LogP contribution in [-0.2, 0) is 0 Å². The number of benzene rings is 2. The van der Waals surface area contributed by atoms with E-state index in [1.165, 1.54) is 30.6 Å². The summed E-state index contributed by atoms with van der Waals surface area (Å²) in [6.07, 6.45) is 2.78. The van der Waals surface area contributed by atoms with Crippen LogP contribution in [0.15, 0.2) is 54.9 Å². The van der Waals surface area contributed by atoms with Crippen LogP contribution >= 0.6 is 0 Å². The molecule has 1 amide bonds. The molecule has 2 aromatic carbocycles. The van der Waals surface area contributed by atoms with Gasteiger partial charge >= 0.3 is 0 Å². The first-order valence-corrected chi connectivity index (χ1v) is 8.23. The molecule has 0 saturated heterocycles. The smallest absolute Gasteiger partial charge is 0.258 e. The number of carbonyl (C=O) groups is 1. The van der Waals surface area contributed by atoms with Gasteiger partial charge in [-0.2, -0.15) is 0 Å². The fraction of sp³-hybridized carbons (Fsp3) is 0.105. The van der Waals surface area contributed by atoms with Crippen LogP contribution in [0.3, 0.4) is 0 Å².